The van der Waals surface area contributed by atoms with Crippen LogP contribution in [0.5, 0.6) is 5.75 Å². The zero-order valence-corrected chi connectivity index (χ0v) is 10.4. The summed E-state index contributed by atoms with van der Waals surface area (Å²) in [5.41, 5.74) is 6.39. The topological polar surface area (TPSA) is 86.8 Å². The second-order valence-electron chi connectivity index (χ2n) is 4.46. The predicted octanol–water partition coefficient (Wildman–Crippen LogP) is 1.07. The molecule has 0 aliphatic carbocycles. The zero-order chi connectivity index (χ0) is 13.9. The quantitative estimate of drug-likeness (QED) is 0.733. The molecular weight excluding hydrogens is 239 g/mol. The molecule has 4 N–H and O–H groups in total. The van der Waals surface area contributed by atoms with Crippen molar-refractivity contribution in [3.05, 3.63) is 29.1 Å². The Kier molecular flexibility index (Phi) is 4.63. The number of phenolic OH excluding ortho intramolecular Hbond substituents is 1. The van der Waals surface area contributed by atoms with Crippen molar-refractivity contribution in [3.8, 4) is 5.75 Å². The van der Waals surface area contributed by atoms with E-state index in [0.717, 1.165) is 0 Å². The van der Waals surface area contributed by atoms with Crippen LogP contribution in [0.2, 0.25) is 0 Å². The summed E-state index contributed by atoms with van der Waals surface area (Å²) in [7, 11) is 3.64. The van der Waals surface area contributed by atoms with Crippen LogP contribution in [0.25, 0.3) is 0 Å². The Balaban J connectivity index is 3.09. The fourth-order valence-corrected chi connectivity index (χ4v) is 1.72. The van der Waals surface area contributed by atoms with Crippen molar-refractivity contribution in [1.82, 2.24) is 4.90 Å². The number of aliphatic carboxylic acids is 1. The number of nitrogens with two attached hydrogens (primary N) is 1. The monoisotopic (exact) mass is 256 g/mol. The lowest BCUT2D eigenvalue weighted by molar-refractivity contribution is -0.137. The van der Waals surface area contributed by atoms with Gasteiger partial charge in [-0.15, -0.1) is 0 Å². The van der Waals surface area contributed by atoms with Crippen LogP contribution in [0.15, 0.2) is 12.1 Å². The Labute approximate surface area is 105 Å². The van der Waals surface area contributed by atoms with Gasteiger partial charge in [-0.05, 0) is 31.8 Å². The summed E-state index contributed by atoms with van der Waals surface area (Å²) in [6.07, 6.45) is -0.363. The van der Waals surface area contributed by atoms with Crippen molar-refractivity contribution < 1.29 is 19.4 Å². The third-order valence-corrected chi connectivity index (χ3v) is 2.45. The summed E-state index contributed by atoms with van der Waals surface area (Å²) >= 11 is 0. The standard InChI is InChI=1S/C12H17FN2O3/c1-15(2)6-7-3-8(10(14)5-11(16)17)12(18)9(13)4-7/h3-4,10,18H,5-6,14H2,1-2H3,(H,16,17). The van der Waals surface area contributed by atoms with Crippen molar-refractivity contribution in [1.29, 1.82) is 0 Å². The number of carboxylic acid groups (broad SMARTS) is 1. The van der Waals surface area contributed by atoms with E-state index < -0.39 is 23.6 Å². The van der Waals surface area contributed by atoms with Crippen molar-refractivity contribution in [2.24, 2.45) is 5.73 Å². The third-order valence-electron chi connectivity index (χ3n) is 2.45. The van der Waals surface area contributed by atoms with Crippen LogP contribution in [-0.4, -0.2) is 35.2 Å². The van der Waals surface area contributed by atoms with Crippen molar-refractivity contribution in [2.75, 3.05) is 14.1 Å². The van der Waals surface area contributed by atoms with E-state index in [-0.39, 0.29) is 12.0 Å². The molecule has 6 heteroatoms. The number of aromatic hydroxyl groups is 1. The van der Waals surface area contributed by atoms with Gasteiger partial charge in [-0.3, -0.25) is 4.79 Å². The highest BCUT2D eigenvalue weighted by molar-refractivity contribution is 5.68. The molecule has 0 spiro atoms. The number of hydrogen-bond acceptors (Lipinski definition) is 4. The normalized spacial score (nSPS) is 12.7. The van der Waals surface area contributed by atoms with Gasteiger partial charge in [0.25, 0.3) is 0 Å². The summed E-state index contributed by atoms with van der Waals surface area (Å²) in [6, 6.07) is 1.82. The molecule has 0 saturated heterocycles. The van der Waals surface area contributed by atoms with E-state index in [0.29, 0.717) is 12.1 Å². The number of hydrogen-bond donors (Lipinski definition) is 3. The van der Waals surface area contributed by atoms with E-state index in [4.69, 9.17) is 10.8 Å². The van der Waals surface area contributed by atoms with E-state index in [1.165, 1.54) is 12.1 Å². The maximum absolute atomic E-state index is 13.5. The SMILES string of the molecule is CN(C)Cc1cc(F)c(O)c(C(N)CC(=O)O)c1. The Hall–Kier alpha value is -1.66. The van der Waals surface area contributed by atoms with Gasteiger partial charge in [-0.1, -0.05) is 0 Å². The number of halogens is 1. The van der Waals surface area contributed by atoms with E-state index in [1.54, 1.807) is 0 Å². The van der Waals surface area contributed by atoms with Crippen LogP contribution >= 0.6 is 0 Å². The first-order valence-electron chi connectivity index (χ1n) is 5.44. The Bertz CT molecular complexity index is 449. The number of carboxylic acids is 1. The first kappa shape index (κ1) is 14.4. The number of benzene rings is 1. The van der Waals surface area contributed by atoms with Gasteiger partial charge in [0.2, 0.25) is 0 Å². The summed E-state index contributed by atoms with van der Waals surface area (Å²) in [6.45, 7) is 0.476. The Morgan fingerprint density at radius 2 is 2.11 bits per heavy atom. The molecule has 0 fully saturated rings. The lowest BCUT2D eigenvalue weighted by atomic mass is 10.00. The van der Waals surface area contributed by atoms with Crippen molar-refractivity contribution in [2.45, 2.75) is 19.0 Å². The second-order valence-corrected chi connectivity index (χ2v) is 4.46. The van der Waals surface area contributed by atoms with E-state index in [1.807, 2.05) is 19.0 Å². The fourth-order valence-electron chi connectivity index (χ4n) is 1.72. The number of rotatable bonds is 5. The highest BCUT2D eigenvalue weighted by Gasteiger charge is 2.18. The minimum atomic E-state index is -1.10. The van der Waals surface area contributed by atoms with Gasteiger partial charge < -0.3 is 20.8 Å². The van der Waals surface area contributed by atoms with Crippen LogP contribution in [0, 0.1) is 5.82 Å². The molecule has 0 bridgehead atoms. The van der Waals surface area contributed by atoms with Gasteiger partial charge in [-0.2, -0.15) is 0 Å². The molecule has 18 heavy (non-hydrogen) atoms. The minimum absolute atomic E-state index is 0.120. The molecule has 0 saturated carbocycles. The van der Waals surface area contributed by atoms with Crippen molar-refractivity contribution in [3.63, 3.8) is 0 Å². The highest BCUT2D eigenvalue weighted by atomic mass is 19.1. The summed E-state index contributed by atoms with van der Waals surface area (Å²) < 4.78 is 13.5. The summed E-state index contributed by atoms with van der Waals surface area (Å²) in [5.74, 6) is -2.46. The summed E-state index contributed by atoms with van der Waals surface area (Å²) in [4.78, 5) is 12.4. The molecular formula is C12H17FN2O3. The molecule has 5 nitrogen and oxygen atoms in total. The van der Waals surface area contributed by atoms with E-state index >= 15 is 0 Å². The fraction of sp³-hybridized carbons (Fsp3) is 0.417. The first-order valence-corrected chi connectivity index (χ1v) is 5.44. The van der Waals surface area contributed by atoms with Gasteiger partial charge in [0, 0.05) is 18.2 Å². The maximum Gasteiger partial charge on any atom is 0.305 e. The number of phenols is 1. The molecule has 1 atom stereocenters. The highest BCUT2D eigenvalue weighted by Crippen LogP contribution is 2.29. The van der Waals surface area contributed by atoms with Crippen LogP contribution < -0.4 is 5.73 Å². The average molecular weight is 256 g/mol. The van der Waals surface area contributed by atoms with Crippen LogP contribution in [0.1, 0.15) is 23.6 Å². The number of carbonyl (C=O) groups is 1. The third kappa shape index (κ3) is 3.68. The zero-order valence-electron chi connectivity index (χ0n) is 10.4. The van der Waals surface area contributed by atoms with Crippen LogP contribution in [0.3, 0.4) is 0 Å². The van der Waals surface area contributed by atoms with Gasteiger partial charge in [0.05, 0.1) is 6.42 Å². The van der Waals surface area contributed by atoms with E-state index in [2.05, 4.69) is 0 Å². The number of nitrogens with zero attached hydrogens (tertiary/aromatic N) is 1. The van der Waals surface area contributed by atoms with Crippen LogP contribution in [-0.2, 0) is 11.3 Å². The molecule has 0 amide bonds. The lowest BCUT2D eigenvalue weighted by Gasteiger charge is -2.16. The molecule has 1 unspecified atom stereocenters. The maximum atomic E-state index is 13.5. The molecule has 0 heterocycles. The minimum Gasteiger partial charge on any atom is -0.505 e. The molecule has 1 aromatic carbocycles. The molecule has 100 valence electrons. The molecule has 1 aromatic rings. The molecule has 0 aromatic heterocycles. The lowest BCUT2D eigenvalue weighted by Crippen LogP contribution is -2.17. The van der Waals surface area contributed by atoms with E-state index in [9.17, 15) is 14.3 Å². The van der Waals surface area contributed by atoms with Crippen molar-refractivity contribution >= 4 is 5.97 Å². The Morgan fingerprint density at radius 1 is 1.50 bits per heavy atom. The predicted molar refractivity (Wildman–Crippen MR) is 64.6 cm³/mol. The van der Waals surface area contributed by atoms with Gasteiger partial charge >= 0.3 is 5.97 Å². The Morgan fingerprint density at radius 3 is 2.61 bits per heavy atom. The first-order chi connectivity index (χ1) is 8.31. The second kappa shape index (κ2) is 5.79. The molecule has 0 aliphatic heterocycles. The van der Waals surface area contributed by atoms with Gasteiger partial charge in [0.15, 0.2) is 11.6 Å². The van der Waals surface area contributed by atoms with Gasteiger partial charge in [-0.25, -0.2) is 4.39 Å². The average Bonchev–Trinajstić information content (AvgIpc) is 2.21. The molecule has 0 radical (unpaired) electrons. The molecule has 0 aliphatic rings. The largest absolute Gasteiger partial charge is 0.505 e. The van der Waals surface area contributed by atoms with Crippen LogP contribution in [0.4, 0.5) is 4.39 Å². The summed E-state index contributed by atoms with van der Waals surface area (Å²) in [5, 5.41) is 18.2. The molecule has 1 rings (SSSR count). The van der Waals surface area contributed by atoms with Gasteiger partial charge in [0.1, 0.15) is 0 Å². The smallest absolute Gasteiger partial charge is 0.305 e.